The van der Waals surface area contributed by atoms with E-state index in [-0.39, 0.29) is 10.8 Å². The van der Waals surface area contributed by atoms with E-state index in [1.807, 2.05) is 6.07 Å². The normalized spacial score (nSPS) is 11.4. The summed E-state index contributed by atoms with van der Waals surface area (Å²) in [5, 5.41) is 5.97. The number of rotatable bonds is 7. The third kappa shape index (κ3) is 5.86. The van der Waals surface area contributed by atoms with Gasteiger partial charge in [-0.3, -0.25) is 4.79 Å². The first-order chi connectivity index (χ1) is 11.8. The molecule has 134 valence electrons. The summed E-state index contributed by atoms with van der Waals surface area (Å²) in [5.41, 5.74) is 1.15. The average Bonchev–Trinajstić information content (AvgIpc) is 2.57. The first kappa shape index (κ1) is 18.9. The highest BCUT2D eigenvalue weighted by molar-refractivity contribution is 7.90. The van der Waals surface area contributed by atoms with Crippen LogP contribution in [0.1, 0.15) is 29.9 Å². The van der Waals surface area contributed by atoms with Crippen LogP contribution in [0.5, 0.6) is 0 Å². The molecular formula is C18H23N3O3S. The van der Waals surface area contributed by atoms with Gasteiger partial charge >= 0.3 is 0 Å². The van der Waals surface area contributed by atoms with Gasteiger partial charge in [0.15, 0.2) is 9.84 Å². The fourth-order valence-corrected chi connectivity index (χ4v) is 2.73. The highest BCUT2D eigenvalue weighted by Gasteiger charge is 2.09. The van der Waals surface area contributed by atoms with E-state index >= 15 is 0 Å². The molecule has 0 saturated heterocycles. The van der Waals surface area contributed by atoms with Crippen LogP contribution < -0.4 is 10.6 Å². The topological polar surface area (TPSA) is 88.2 Å². The molecule has 0 aliphatic heterocycles. The van der Waals surface area contributed by atoms with Crippen molar-refractivity contribution in [3.63, 3.8) is 0 Å². The van der Waals surface area contributed by atoms with Gasteiger partial charge in [0, 0.05) is 19.3 Å². The van der Waals surface area contributed by atoms with Crippen molar-refractivity contribution in [2.75, 3.05) is 18.1 Å². The molecule has 0 spiro atoms. The number of amides is 1. The van der Waals surface area contributed by atoms with Crippen LogP contribution in [0, 0.1) is 5.92 Å². The minimum Gasteiger partial charge on any atom is -0.370 e. The van der Waals surface area contributed by atoms with E-state index in [9.17, 15) is 13.2 Å². The molecule has 1 amide bonds. The van der Waals surface area contributed by atoms with E-state index in [4.69, 9.17) is 0 Å². The molecule has 0 unspecified atom stereocenters. The summed E-state index contributed by atoms with van der Waals surface area (Å²) in [6, 6.07) is 11.7. The van der Waals surface area contributed by atoms with Crippen molar-refractivity contribution >= 4 is 21.6 Å². The number of carbonyl (C=O) groups excluding carboxylic acids is 1. The van der Waals surface area contributed by atoms with Gasteiger partial charge in [0.05, 0.1) is 4.90 Å². The number of hydrogen-bond donors (Lipinski definition) is 2. The number of aromatic nitrogens is 1. The molecular weight excluding hydrogens is 338 g/mol. The lowest BCUT2D eigenvalue weighted by Crippen LogP contribution is -2.24. The summed E-state index contributed by atoms with van der Waals surface area (Å²) in [4.78, 5) is 16.8. The largest absolute Gasteiger partial charge is 0.370 e. The Labute approximate surface area is 148 Å². The molecule has 2 N–H and O–H groups in total. The maximum absolute atomic E-state index is 12.2. The molecule has 0 saturated carbocycles. The fraction of sp³-hybridized carbons (Fsp3) is 0.333. The zero-order chi connectivity index (χ0) is 18.4. The molecule has 0 aliphatic carbocycles. The molecule has 6 nitrogen and oxygen atoms in total. The van der Waals surface area contributed by atoms with Gasteiger partial charge < -0.3 is 10.6 Å². The number of anilines is 1. The van der Waals surface area contributed by atoms with Crippen LogP contribution in [0.15, 0.2) is 47.4 Å². The Morgan fingerprint density at radius 1 is 1.12 bits per heavy atom. The lowest BCUT2D eigenvalue weighted by molar-refractivity contribution is 0.0946. The van der Waals surface area contributed by atoms with E-state index in [1.165, 1.54) is 12.1 Å². The van der Waals surface area contributed by atoms with Crippen LogP contribution in [0.3, 0.4) is 0 Å². The number of carbonyl (C=O) groups is 1. The summed E-state index contributed by atoms with van der Waals surface area (Å²) in [6.07, 6.45) is 1.16. The second-order valence-corrected chi connectivity index (χ2v) is 8.30. The van der Waals surface area contributed by atoms with Gasteiger partial charge in [-0.1, -0.05) is 32.0 Å². The maximum Gasteiger partial charge on any atom is 0.270 e. The Hall–Kier alpha value is -2.41. The number of nitrogens with one attached hydrogen (secondary N) is 2. The van der Waals surface area contributed by atoms with E-state index in [2.05, 4.69) is 29.5 Å². The van der Waals surface area contributed by atoms with Crippen LogP contribution in [-0.4, -0.2) is 32.1 Å². The van der Waals surface area contributed by atoms with Crippen molar-refractivity contribution in [2.24, 2.45) is 5.92 Å². The van der Waals surface area contributed by atoms with E-state index in [1.54, 1.807) is 24.3 Å². The molecule has 0 fully saturated rings. The van der Waals surface area contributed by atoms with Gasteiger partial charge in [-0.05, 0) is 35.7 Å². The monoisotopic (exact) mass is 361 g/mol. The van der Waals surface area contributed by atoms with Crippen LogP contribution >= 0.6 is 0 Å². The predicted octanol–water partition coefficient (Wildman–Crippen LogP) is 2.48. The summed E-state index contributed by atoms with van der Waals surface area (Å²) < 4.78 is 22.9. The average molecular weight is 361 g/mol. The van der Waals surface area contributed by atoms with Crippen molar-refractivity contribution in [1.82, 2.24) is 10.3 Å². The van der Waals surface area contributed by atoms with E-state index in [0.29, 0.717) is 24.0 Å². The molecule has 1 heterocycles. The molecule has 0 atom stereocenters. The fourth-order valence-electron chi connectivity index (χ4n) is 2.10. The number of hydrogen-bond acceptors (Lipinski definition) is 5. The quantitative estimate of drug-likeness (QED) is 0.791. The van der Waals surface area contributed by atoms with Crippen LogP contribution in [-0.2, 0) is 16.4 Å². The first-order valence-electron chi connectivity index (χ1n) is 8.04. The summed E-state index contributed by atoms with van der Waals surface area (Å²) >= 11 is 0. The van der Waals surface area contributed by atoms with Crippen molar-refractivity contribution in [3.05, 3.63) is 53.7 Å². The number of benzene rings is 1. The lowest BCUT2D eigenvalue weighted by atomic mass is 10.2. The van der Waals surface area contributed by atoms with Crippen LogP contribution in [0.25, 0.3) is 0 Å². The minimum atomic E-state index is -3.21. The lowest BCUT2D eigenvalue weighted by Gasteiger charge is -2.10. The van der Waals surface area contributed by atoms with E-state index in [0.717, 1.165) is 18.4 Å². The Bertz CT molecular complexity index is 831. The Balaban J connectivity index is 1.97. The molecule has 0 radical (unpaired) electrons. The summed E-state index contributed by atoms with van der Waals surface area (Å²) in [7, 11) is -3.21. The predicted molar refractivity (Wildman–Crippen MR) is 98.3 cm³/mol. The number of sulfone groups is 1. The highest BCUT2D eigenvalue weighted by Crippen LogP contribution is 2.11. The van der Waals surface area contributed by atoms with Gasteiger partial charge in [-0.15, -0.1) is 0 Å². The SMILES string of the molecule is CC(C)CNc1cccc(C(=O)NCc2ccc(S(C)(=O)=O)cc2)n1. The third-order valence-electron chi connectivity index (χ3n) is 3.48. The smallest absolute Gasteiger partial charge is 0.270 e. The second kappa shape index (κ2) is 8.11. The zero-order valence-corrected chi connectivity index (χ0v) is 15.4. The summed E-state index contributed by atoms with van der Waals surface area (Å²) in [6.45, 7) is 5.27. The number of nitrogens with zero attached hydrogens (tertiary/aromatic N) is 1. The van der Waals surface area contributed by atoms with Crippen LogP contribution in [0.2, 0.25) is 0 Å². The zero-order valence-electron chi connectivity index (χ0n) is 14.6. The van der Waals surface area contributed by atoms with Crippen molar-refractivity contribution in [1.29, 1.82) is 0 Å². The molecule has 25 heavy (non-hydrogen) atoms. The van der Waals surface area contributed by atoms with Gasteiger partial charge in [0.25, 0.3) is 5.91 Å². The second-order valence-electron chi connectivity index (χ2n) is 6.28. The standard InChI is InChI=1S/C18H23N3O3S/c1-13(2)11-19-17-6-4-5-16(21-17)18(22)20-12-14-7-9-15(10-8-14)25(3,23)24/h4-10,13H,11-12H2,1-3H3,(H,19,21)(H,20,22). The molecule has 7 heteroatoms. The first-order valence-corrected chi connectivity index (χ1v) is 9.93. The maximum atomic E-state index is 12.2. The Morgan fingerprint density at radius 3 is 2.40 bits per heavy atom. The molecule has 1 aromatic heterocycles. The third-order valence-corrected chi connectivity index (χ3v) is 4.61. The van der Waals surface area contributed by atoms with Gasteiger partial charge in [-0.25, -0.2) is 13.4 Å². The Kier molecular flexibility index (Phi) is 6.14. The van der Waals surface area contributed by atoms with Gasteiger partial charge in [0.1, 0.15) is 11.5 Å². The Morgan fingerprint density at radius 2 is 1.80 bits per heavy atom. The molecule has 2 aromatic rings. The van der Waals surface area contributed by atoms with Crippen LogP contribution in [0.4, 0.5) is 5.82 Å². The molecule has 0 aliphatic rings. The molecule has 1 aromatic carbocycles. The number of pyridine rings is 1. The van der Waals surface area contributed by atoms with Crippen molar-refractivity contribution in [2.45, 2.75) is 25.3 Å². The van der Waals surface area contributed by atoms with Gasteiger partial charge in [0.2, 0.25) is 0 Å². The van der Waals surface area contributed by atoms with Crippen molar-refractivity contribution in [3.8, 4) is 0 Å². The van der Waals surface area contributed by atoms with Crippen molar-refractivity contribution < 1.29 is 13.2 Å². The van der Waals surface area contributed by atoms with Gasteiger partial charge in [-0.2, -0.15) is 0 Å². The molecule has 0 bridgehead atoms. The highest BCUT2D eigenvalue weighted by atomic mass is 32.2. The van der Waals surface area contributed by atoms with E-state index < -0.39 is 9.84 Å². The minimum absolute atomic E-state index is 0.258. The summed E-state index contributed by atoms with van der Waals surface area (Å²) in [5.74, 6) is 0.869. The molecule has 2 rings (SSSR count).